The number of amides is 1. The number of carbonyl (C=O) groups excluding carboxylic acids is 1. The van der Waals surface area contributed by atoms with Crippen LogP contribution in [0.2, 0.25) is 0 Å². The second kappa shape index (κ2) is 8.95. The number of rotatable bonds is 8. The van der Waals surface area contributed by atoms with Crippen LogP contribution in [0.15, 0.2) is 60.9 Å². The van der Waals surface area contributed by atoms with E-state index in [1.54, 1.807) is 6.20 Å². The summed E-state index contributed by atoms with van der Waals surface area (Å²) < 4.78 is 7.85. The van der Waals surface area contributed by atoms with Gasteiger partial charge in [-0.1, -0.05) is 43.3 Å². The first-order valence-corrected chi connectivity index (χ1v) is 10.4. The number of fused-ring (bicyclic) bond motifs is 1. The van der Waals surface area contributed by atoms with Crippen molar-refractivity contribution >= 4 is 11.6 Å². The molecule has 0 saturated heterocycles. The third-order valence-corrected chi connectivity index (χ3v) is 5.38. The van der Waals surface area contributed by atoms with Gasteiger partial charge in [0.2, 0.25) is 0 Å². The molecule has 0 fully saturated rings. The first kappa shape index (κ1) is 19.2. The third-order valence-electron chi connectivity index (χ3n) is 5.38. The maximum absolute atomic E-state index is 12.7. The van der Waals surface area contributed by atoms with Crippen molar-refractivity contribution in [1.29, 1.82) is 0 Å². The molecule has 0 bridgehead atoms. The van der Waals surface area contributed by atoms with Crippen LogP contribution in [-0.4, -0.2) is 21.8 Å². The summed E-state index contributed by atoms with van der Waals surface area (Å²) in [5.74, 6) is 0.627. The highest BCUT2D eigenvalue weighted by molar-refractivity contribution is 5.94. The third kappa shape index (κ3) is 4.86. The molecule has 2 aromatic carbocycles. The predicted molar refractivity (Wildman–Crippen MR) is 114 cm³/mol. The minimum Gasteiger partial charge on any atom is -0.481 e. The van der Waals surface area contributed by atoms with Crippen LogP contribution in [0.3, 0.4) is 0 Å². The summed E-state index contributed by atoms with van der Waals surface area (Å²) in [5, 5.41) is 7.29. The highest BCUT2D eigenvalue weighted by Crippen LogP contribution is 2.27. The zero-order chi connectivity index (χ0) is 20.1. The zero-order valence-corrected chi connectivity index (χ0v) is 16.8. The van der Waals surface area contributed by atoms with E-state index in [2.05, 4.69) is 34.7 Å². The van der Waals surface area contributed by atoms with Crippen LogP contribution in [0, 0.1) is 0 Å². The molecule has 1 aromatic heterocycles. The SMILES string of the molecule is CCC(Oc1ccc2c(c1)CCC2)C(=O)Nc1cnn(CCc2ccccc2)c1. The van der Waals surface area contributed by atoms with Gasteiger partial charge in [0, 0.05) is 12.7 Å². The summed E-state index contributed by atoms with van der Waals surface area (Å²) in [5.41, 5.74) is 4.71. The minimum absolute atomic E-state index is 0.143. The van der Waals surface area contributed by atoms with Crippen LogP contribution < -0.4 is 10.1 Å². The van der Waals surface area contributed by atoms with Crippen LogP contribution >= 0.6 is 0 Å². The van der Waals surface area contributed by atoms with Gasteiger partial charge in [-0.3, -0.25) is 9.48 Å². The highest BCUT2D eigenvalue weighted by Gasteiger charge is 2.20. The number of benzene rings is 2. The Kier molecular flexibility index (Phi) is 5.94. The monoisotopic (exact) mass is 389 g/mol. The molecule has 0 saturated carbocycles. The summed E-state index contributed by atoms with van der Waals surface area (Å²) in [6.45, 7) is 2.73. The van der Waals surface area contributed by atoms with E-state index < -0.39 is 6.10 Å². The molecule has 1 aliphatic rings. The summed E-state index contributed by atoms with van der Waals surface area (Å²) >= 11 is 0. The maximum Gasteiger partial charge on any atom is 0.265 e. The fraction of sp³-hybridized carbons (Fsp3) is 0.333. The van der Waals surface area contributed by atoms with Crippen LogP contribution in [0.5, 0.6) is 5.75 Å². The number of hydrogen-bond donors (Lipinski definition) is 1. The lowest BCUT2D eigenvalue weighted by molar-refractivity contribution is -0.122. The van der Waals surface area contributed by atoms with Crippen molar-refractivity contribution in [2.24, 2.45) is 0 Å². The fourth-order valence-corrected chi connectivity index (χ4v) is 3.77. The van der Waals surface area contributed by atoms with Gasteiger partial charge in [0.1, 0.15) is 5.75 Å². The van der Waals surface area contributed by atoms with Crippen molar-refractivity contribution in [3.05, 3.63) is 77.6 Å². The molecule has 0 radical (unpaired) electrons. The molecule has 5 heteroatoms. The van der Waals surface area contributed by atoms with Crippen molar-refractivity contribution in [2.45, 2.75) is 51.7 Å². The number of nitrogens with zero attached hydrogens (tertiary/aromatic N) is 2. The Balaban J connectivity index is 1.33. The number of anilines is 1. The lowest BCUT2D eigenvalue weighted by Crippen LogP contribution is -2.32. The summed E-state index contributed by atoms with van der Waals surface area (Å²) in [7, 11) is 0. The molecule has 0 spiro atoms. The maximum atomic E-state index is 12.7. The smallest absolute Gasteiger partial charge is 0.265 e. The molecule has 1 heterocycles. The summed E-state index contributed by atoms with van der Waals surface area (Å²) in [4.78, 5) is 12.7. The average molecular weight is 389 g/mol. The zero-order valence-electron chi connectivity index (χ0n) is 16.8. The lowest BCUT2D eigenvalue weighted by atomic mass is 10.1. The van der Waals surface area contributed by atoms with Crippen LogP contribution in [0.25, 0.3) is 0 Å². The van der Waals surface area contributed by atoms with E-state index in [9.17, 15) is 4.79 Å². The van der Waals surface area contributed by atoms with Gasteiger partial charge in [-0.15, -0.1) is 0 Å². The first-order valence-electron chi connectivity index (χ1n) is 10.4. The molecule has 4 rings (SSSR count). The quantitative estimate of drug-likeness (QED) is 0.621. The Morgan fingerprint density at radius 3 is 2.83 bits per heavy atom. The van der Waals surface area contributed by atoms with Gasteiger partial charge in [0.15, 0.2) is 6.10 Å². The fourth-order valence-electron chi connectivity index (χ4n) is 3.77. The Morgan fingerprint density at radius 1 is 1.17 bits per heavy atom. The summed E-state index contributed by atoms with van der Waals surface area (Å²) in [6.07, 6.45) is 7.96. The molecular weight excluding hydrogens is 362 g/mol. The average Bonchev–Trinajstić information content (AvgIpc) is 3.40. The van der Waals surface area contributed by atoms with Gasteiger partial charge in [-0.25, -0.2) is 0 Å². The standard InChI is InChI=1S/C24H27N3O2/c1-2-23(29-22-12-11-19-9-6-10-20(19)15-22)24(28)26-21-16-25-27(17-21)14-13-18-7-4-3-5-8-18/h3-5,7-8,11-12,15-17,23H,2,6,9-10,13-14H2,1H3,(H,26,28). The molecule has 1 unspecified atom stereocenters. The normalized spacial score (nSPS) is 13.7. The number of hydrogen-bond acceptors (Lipinski definition) is 3. The van der Waals surface area contributed by atoms with Gasteiger partial charge in [0.05, 0.1) is 11.9 Å². The van der Waals surface area contributed by atoms with Gasteiger partial charge in [0.25, 0.3) is 5.91 Å². The number of aryl methyl sites for hydroxylation is 4. The van der Waals surface area contributed by atoms with Crippen molar-refractivity contribution < 1.29 is 9.53 Å². The Morgan fingerprint density at radius 2 is 2.00 bits per heavy atom. The van der Waals surface area contributed by atoms with Crippen molar-refractivity contribution in [2.75, 3.05) is 5.32 Å². The number of aromatic nitrogens is 2. The second-order valence-corrected chi connectivity index (χ2v) is 7.52. The van der Waals surface area contributed by atoms with Crippen molar-refractivity contribution in [3.8, 4) is 5.75 Å². The van der Waals surface area contributed by atoms with Gasteiger partial charge in [-0.05, 0) is 60.9 Å². The highest BCUT2D eigenvalue weighted by atomic mass is 16.5. The Labute approximate surface area is 171 Å². The minimum atomic E-state index is -0.526. The van der Waals surface area contributed by atoms with E-state index in [0.717, 1.165) is 31.6 Å². The number of ether oxygens (including phenoxy) is 1. The molecule has 1 atom stereocenters. The van der Waals surface area contributed by atoms with Crippen LogP contribution in [0.4, 0.5) is 5.69 Å². The Bertz CT molecular complexity index is 965. The number of nitrogens with one attached hydrogen (secondary N) is 1. The van der Waals surface area contributed by atoms with E-state index in [4.69, 9.17) is 4.74 Å². The lowest BCUT2D eigenvalue weighted by Gasteiger charge is -2.17. The molecule has 3 aromatic rings. The second-order valence-electron chi connectivity index (χ2n) is 7.52. The topological polar surface area (TPSA) is 56.1 Å². The van der Waals surface area contributed by atoms with Gasteiger partial charge < -0.3 is 10.1 Å². The molecule has 29 heavy (non-hydrogen) atoms. The molecule has 5 nitrogen and oxygen atoms in total. The number of carbonyl (C=O) groups is 1. The summed E-state index contributed by atoms with van der Waals surface area (Å²) in [6, 6.07) is 16.5. The van der Waals surface area contributed by atoms with E-state index in [-0.39, 0.29) is 5.91 Å². The van der Waals surface area contributed by atoms with Crippen molar-refractivity contribution in [1.82, 2.24) is 9.78 Å². The van der Waals surface area contributed by atoms with Gasteiger partial charge >= 0.3 is 0 Å². The first-order chi connectivity index (χ1) is 14.2. The molecule has 1 amide bonds. The molecule has 1 N–H and O–H groups in total. The van der Waals surface area contributed by atoms with Crippen LogP contribution in [0.1, 0.15) is 36.5 Å². The van der Waals surface area contributed by atoms with Gasteiger partial charge in [-0.2, -0.15) is 5.10 Å². The largest absolute Gasteiger partial charge is 0.481 e. The van der Waals surface area contributed by atoms with Crippen LogP contribution in [-0.2, 0) is 30.6 Å². The molecule has 150 valence electrons. The van der Waals surface area contributed by atoms with E-state index in [1.807, 2.05) is 42.1 Å². The van der Waals surface area contributed by atoms with Crippen molar-refractivity contribution in [3.63, 3.8) is 0 Å². The van der Waals surface area contributed by atoms with E-state index >= 15 is 0 Å². The predicted octanol–water partition coefficient (Wildman–Crippen LogP) is 4.41. The van der Waals surface area contributed by atoms with E-state index in [0.29, 0.717) is 12.1 Å². The molecular formula is C24H27N3O2. The molecule has 0 aliphatic heterocycles. The molecule has 1 aliphatic carbocycles. The Hall–Kier alpha value is -3.08. The van der Waals surface area contributed by atoms with E-state index in [1.165, 1.54) is 23.1 Å².